The highest BCUT2D eigenvalue weighted by Gasteiger charge is 2.14. The van der Waals surface area contributed by atoms with Gasteiger partial charge in [0.25, 0.3) is 5.91 Å². The van der Waals surface area contributed by atoms with E-state index in [9.17, 15) is 9.59 Å². The highest BCUT2D eigenvalue weighted by molar-refractivity contribution is 6.30. The number of benzene rings is 2. The Kier molecular flexibility index (Phi) is 4.44. The molecule has 1 amide bonds. The fraction of sp³-hybridized carbons (Fsp3) is 0.0556. The first-order chi connectivity index (χ1) is 11.5. The molecule has 2 aromatic carbocycles. The van der Waals surface area contributed by atoms with E-state index in [0.717, 1.165) is 11.3 Å². The zero-order valence-electron chi connectivity index (χ0n) is 12.9. The molecule has 0 unspecified atom stereocenters. The Morgan fingerprint density at radius 2 is 1.79 bits per heavy atom. The van der Waals surface area contributed by atoms with Gasteiger partial charge in [-0.25, -0.2) is 4.68 Å². The van der Waals surface area contributed by atoms with Crippen LogP contribution >= 0.6 is 11.6 Å². The standard InChI is InChI=1S/C18H14ClN3O2/c1-12-4-2-3-5-15(12)22-11-10-16(23)17(21-22)18(24)20-14-8-6-13(19)7-9-14/h2-11H,1H3,(H,20,24). The van der Waals surface area contributed by atoms with E-state index >= 15 is 0 Å². The average molecular weight is 340 g/mol. The van der Waals surface area contributed by atoms with Gasteiger partial charge in [0.2, 0.25) is 5.43 Å². The number of carbonyl (C=O) groups excluding carboxylic acids is 1. The summed E-state index contributed by atoms with van der Waals surface area (Å²) in [6.07, 6.45) is 1.55. The summed E-state index contributed by atoms with van der Waals surface area (Å²) in [4.78, 5) is 24.4. The van der Waals surface area contributed by atoms with Crippen molar-refractivity contribution in [2.24, 2.45) is 0 Å². The molecule has 3 aromatic rings. The molecule has 120 valence electrons. The normalized spacial score (nSPS) is 10.4. The van der Waals surface area contributed by atoms with Crippen LogP contribution < -0.4 is 10.7 Å². The quantitative estimate of drug-likeness (QED) is 0.795. The minimum absolute atomic E-state index is 0.171. The second-order valence-electron chi connectivity index (χ2n) is 5.22. The molecule has 24 heavy (non-hydrogen) atoms. The Morgan fingerprint density at radius 3 is 2.50 bits per heavy atom. The number of nitrogens with one attached hydrogen (secondary N) is 1. The molecular weight excluding hydrogens is 326 g/mol. The van der Waals surface area contributed by atoms with Gasteiger partial charge in [-0.05, 0) is 42.8 Å². The van der Waals surface area contributed by atoms with E-state index in [1.54, 1.807) is 30.5 Å². The molecule has 0 fully saturated rings. The Labute approximate surface area is 143 Å². The molecule has 0 saturated heterocycles. The van der Waals surface area contributed by atoms with Gasteiger partial charge in [0.05, 0.1) is 5.69 Å². The first-order valence-corrected chi connectivity index (χ1v) is 7.65. The van der Waals surface area contributed by atoms with E-state index in [-0.39, 0.29) is 5.69 Å². The summed E-state index contributed by atoms with van der Waals surface area (Å²) < 4.78 is 1.52. The van der Waals surface area contributed by atoms with E-state index < -0.39 is 11.3 Å². The lowest BCUT2D eigenvalue weighted by atomic mass is 10.2. The van der Waals surface area contributed by atoms with Crippen LogP contribution in [0, 0.1) is 6.92 Å². The van der Waals surface area contributed by atoms with Crippen LogP contribution in [-0.2, 0) is 0 Å². The number of halogens is 1. The molecule has 0 aliphatic carbocycles. The maximum absolute atomic E-state index is 12.4. The van der Waals surface area contributed by atoms with Crippen LogP contribution in [0.1, 0.15) is 16.1 Å². The van der Waals surface area contributed by atoms with Gasteiger partial charge in [-0.15, -0.1) is 0 Å². The molecule has 0 atom stereocenters. The lowest BCUT2D eigenvalue weighted by Crippen LogP contribution is -2.25. The van der Waals surface area contributed by atoms with E-state index in [1.807, 2.05) is 31.2 Å². The Balaban J connectivity index is 1.94. The SMILES string of the molecule is Cc1ccccc1-n1ccc(=O)c(C(=O)Nc2ccc(Cl)cc2)n1. The van der Waals surface area contributed by atoms with Gasteiger partial charge < -0.3 is 5.32 Å². The summed E-state index contributed by atoms with van der Waals surface area (Å²) in [5, 5.41) is 7.39. The van der Waals surface area contributed by atoms with Gasteiger partial charge in [0, 0.05) is 23.0 Å². The van der Waals surface area contributed by atoms with E-state index in [0.29, 0.717) is 10.7 Å². The van der Waals surface area contributed by atoms with E-state index in [4.69, 9.17) is 11.6 Å². The van der Waals surface area contributed by atoms with Crippen molar-refractivity contribution in [3.8, 4) is 5.69 Å². The molecule has 1 N–H and O–H groups in total. The minimum Gasteiger partial charge on any atom is -0.320 e. The predicted molar refractivity (Wildman–Crippen MR) is 94.0 cm³/mol. The van der Waals surface area contributed by atoms with Crippen LogP contribution in [0.3, 0.4) is 0 Å². The largest absolute Gasteiger partial charge is 0.320 e. The Bertz CT molecular complexity index is 949. The number of hydrogen-bond donors (Lipinski definition) is 1. The molecular formula is C18H14ClN3O2. The third-order valence-electron chi connectivity index (χ3n) is 3.49. The third-order valence-corrected chi connectivity index (χ3v) is 3.74. The predicted octanol–water partition coefficient (Wildman–Crippen LogP) is 3.45. The van der Waals surface area contributed by atoms with Crippen molar-refractivity contribution in [2.45, 2.75) is 6.92 Å². The molecule has 6 heteroatoms. The first kappa shape index (κ1) is 16.0. The molecule has 0 saturated carbocycles. The summed E-state index contributed by atoms with van der Waals surface area (Å²) in [5.41, 5.74) is 1.72. The molecule has 0 bridgehead atoms. The molecule has 5 nitrogen and oxygen atoms in total. The molecule has 0 spiro atoms. The first-order valence-electron chi connectivity index (χ1n) is 7.27. The number of carbonyl (C=O) groups is 1. The van der Waals surface area contributed by atoms with Crippen molar-refractivity contribution in [1.82, 2.24) is 9.78 Å². The van der Waals surface area contributed by atoms with Crippen molar-refractivity contribution in [1.29, 1.82) is 0 Å². The van der Waals surface area contributed by atoms with Crippen molar-refractivity contribution in [2.75, 3.05) is 5.32 Å². The molecule has 0 aliphatic heterocycles. The van der Waals surface area contributed by atoms with Crippen LogP contribution in [-0.4, -0.2) is 15.7 Å². The Hall–Kier alpha value is -2.92. The summed E-state index contributed by atoms with van der Waals surface area (Å²) in [6, 6.07) is 15.5. The number of hydrogen-bond acceptors (Lipinski definition) is 3. The topological polar surface area (TPSA) is 64.0 Å². The van der Waals surface area contributed by atoms with Crippen molar-refractivity contribution >= 4 is 23.2 Å². The Morgan fingerprint density at radius 1 is 1.08 bits per heavy atom. The van der Waals surface area contributed by atoms with Gasteiger partial charge in [0.15, 0.2) is 5.69 Å². The van der Waals surface area contributed by atoms with E-state index in [2.05, 4.69) is 10.4 Å². The van der Waals surface area contributed by atoms with Gasteiger partial charge in [-0.2, -0.15) is 5.10 Å². The maximum atomic E-state index is 12.4. The van der Waals surface area contributed by atoms with Crippen LogP contribution in [0.5, 0.6) is 0 Å². The van der Waals surface area contributed by atoms with Gasteiger partial charge in [0.1, 0.15) is 0 Å². The van der Waals surface area contributed by atoms with Crippen LogP contribution in [0.25, 0.3) is 5.69 Å². The monoisotopic (exact) mass is 339 g/mol. The fourth-order valence-corrected chi connectivity index (χ4v) is 2.37. The van der Waals surface area contributed by atoms with Crippen LogP contribution in [0.15, 0.2) is 65.6 Å². The molecule has 0 aliphatic rings. The molecule has 1 aromatic heterocycles. The van der Waals surface area contributed by atoms with Crippen LogP contribution in [0.2, 0.25) is 5.02 Å². The van der Waals surface area contributed by atoms with Gasteiger partial charge >= 0.3 is 0 Å². The highest BCUT2D eigenvalue weighted by Crippen LogP contribution is 2.14. The lowest BCUT2D eigenvalue weighted by molar-refractivity contribution is 0.101. The molecule has 0 radical (unpaired) electrons. The number of rotatable bonds is 3. The number of anilines is 1. The summed E-state index contributed by atoms with van der Waals surface area (Å²) >= 11 is 5.82. The zero-order valence-corrected chi connectivity index (χ0v) is 13.6. The van der Waals surface area contributed by atoms with Crippen molar-refractivity contribution in [3.63, 3.8) is 0 Å². The van der Waals surface area contributed by atoms with Gasteiger partial charge in [-0.3, -0.25) is 9.59 Å². The van der Waals surface area contributed by atoms with Crippen molar-refractivity contribution < 1.29 is 4.79 Å². The van der Waals surface area contributed by atoms with Crippen molar-refractivity contribution in [3.05, 3.63) is 87.3 Å². The highest BCUT2D eigenvalue weighted by atomic mass is 35.5. The van der Waals surface area contributed by atoms with Gasteiger partial charge in [-0.1, -0.05) is 29.8 Å². The summed E-state index contributed by atoms with van der Waals surface area (Å²) in [5.74, 6) is -0.565. The molecule has 1 heterocycles. The number of para-hydroxylation sites is 1. The average Bonchev–Trinajstić information content (AvgIpc) is 2.58. The number of nitrogens with zero attached hydrogens (tertiary/aromatic N) is 2. The smallest absolute Gasteiger partial charge is 0.280 e. The number of aryl methyl sites for hydroxylation is 1. The minimum atomic E-state index is -0.565. The molecule has 3 rings (SSSR count). The lowest BCUT2D eigenvalue weighted by Gasteiger charge is -2.10. The number of amides is 1. The summed E-state index contributed by atoms with van der Waals surface area (Å²) in [6.45, 7) is 1.93. The van der Waals surface area contributed by atoms with E-state index in [1.165, 1.54) is 10.7 Å². The third kappa shape index (κ3) is 3.36. The number of aromatic nitrogens is 2. The maximum Gasteiger partial charge on any atom is 0.280 e. The summed E-state index contributed by atoms with van der Waals surface area (Å²) in [7, 11) is 0. The second kappa shape index (κ2) is 6.68. The van der Waals surface area contributed by atoms with Crippen LogP contribution in [0.4, 0.5) is 5.69 Å². The zero-order chi connectivity index (χ0) is 17.1. The second-order valence-corrected chi connectivity index (χ2v) is 5.66. The fourth-order valence-electron chi connectivity index (χ4n) is 2.24.